The third-order valence-corrected chi connectivity index (χ3v) is 4.50. The number of nitriles is 1. The second-order valence-corrected chi connectivity index (χ2v) is 6.34. The van der Waals surface area contributed by atoms with E-state index in [0.717, 1.165) is 22.6 Å². The number of hydrogen-bond acceptors (Lipinski definition) is 4. The summed E-state index contributed by atoms with van der Waals surface area (Å²) < 4.78 is 5.83. The van der Waals surface area contributed by atoms with Gasteiger partial charge in [0.25, 0.3) is 0 Å². The van der Waals surface area contributed by atoms with Crippen LogP contribution in [0.3, 0.4) is 0 Å². The highest BCUT2D eigenvalue weighted by Crippen LogP contribution is 2.31. The standard InChI is InChI=1S/C21H17NO2S/c22-15-25-14-21(16-6-10-18(23)11-7-16)17-8-12-20(13-9-17)24-19-4-2-1-3-5-19/h1-13,21,23H,14H2/t21-/m1/s1. The molecule has 0 saturated heterocycles. The molecule has 0 amide bonds. The molecule has 0 aliphatic carbocycles. The van der Waals surface area contributed by atoms with Crippen LogP contribution in [-0.4, -0.2) is 10.9 Å². The van der Waals surface area contributed by atoms with Gasteiger partial charge < -0.3 is 9.84 Å². The summed E-state index contributed by atoms with van der Waals surface area (Å²) in [5, 5.41) is 20.5. The van der Waals surface area contributed by atoms with Gasteiger partial charge >= 0.3 is 0 Å². The van der Waals surface area contributed by atoms with Gasteiger partial charge in [0.15, 0.2) is 0 Å². The highest BCUT2D eigenvalue weighted by atomic mass is 32.2. The minimum absolute atomic E-state index is 0.0797. The van der Waals surface area contributed by atoms with Crippen molar-refractivity contribution in [1.29, 1.82) is 5.26 Å². The van der Waals surface area contributed by atoms with Crippen LogP contribution in [0, 0.1) is 10.7 Å². The lowest BCUT2D eigenvalue weighted by Gasteiger charge is -2.17. The zero-order chi connectivity index (χ0) is 17.5. The van der Waals surface area contributed by atoms with E-state index in [2.05, 4.69) is 5.40 Å². The summed E-state index contributed by atoms with van der Waals surface area (Å²) in [7, 11) is 0. The molecule has 3 aromatic carbocycles. The van der Waals surface area contributed by atoms with Crippen LogP contribution < -0.4 is 4.74 Å². The fourth-order valence-corrected chi connectivity index (χ4v) is 3.23. The average Bonchev–Trinajstić information content (AvgIpc) is 2.65. The van der Waals surface area contributed by atoms with E-state index >= 15 is 0 Å². The molecule has 0 fully saturated rings. The second kappa shape index (κ2) is 8.27. The van der Waals surface area contributed by atoms with Gasteiger partial charge in [0.2, 0.25) is 0 Å². The summed E-state index contributed by atoms with van der Waals surface area (Å²) in [6, 6.07) is 24.7. The van der Waals surface area contributed by atoms with Crippen LogP contribution in [0.5, 0.6) is 17.2 Å². The van der Waals surface area contributed by atoms with Crippen LogP contribution in [0.2, 0.25) is 0 Å². The number of phenols is 1. The molecule has 0 spiro atoms. The predicted molar refractivity (Wildman–Crippen MR) is 101 cm³/mol. The summed E-state index contributed by atoms with van der Waals surface area (Å²) in [4.78, 5) is 0. The summed E-state index contributed by atoms with van der Waals surface area (Å²) in [5.41, 5.74) is 2.17. The van der Waals surface area contributed by atoms with Gasteiger partial charge in [-0.15, -0.1) is 0 Å². The third-order valence-electron chi connectivity index (χ3n) is 3.87. The number of nitrogens with zero attached hydrogens (tertiary/aromatic N) is 1. The number of para-hydroxylation sites is 1. The Bertz CT molecular complexity index is 840. The number of ether oxygens (including phenoxy) is 1. The molecule has 0 unspecified atom stereocenters. The van der Waals surface area contributed by atoms with Gasteiger partial charge in [-0.1, -0.05) is 42.5 Å². The molecule has 0 aliphatic heterocycles. The number of phenolic OH excluding ortho intramolecular Hbond substituents is 1. The lowest BCUT2D eigenvalue weighted by molar-refractivity contribution is 0.475. The molecule has 0 radical (unpaired) electrons. The van der Waals surface area contributed by atoms with E-state index in [1.54, 1.807) is 12.1 Å². The molecule has 124 valence electrons. The maximum Gasteiger partial charge on any atom is 0.133 e. The smallest absolute Gasteiger partial charge is 0.133 e. The molecule has 1 atom stereocenters. The number of hydrogen-bond donors (Lipinski definition) is 1. The zero-order valence-electron chi connectivity index (χ0n) is 13.5. The molecule has 3 nitrogen and oxygen atoms in total. The maximum absolute atomic E-state index is 9.49. The molecule has 0 aliphatic rings. The van der Waals surface area contributed by atoms with Crippen molar-refractivity contribution < 1.29 is 9.84 Å². The van der Waals surface area contributed by atoms with Crippen LogP contribution in [0.1, 0.15) is 17.0 Å². The van der Waals surface area contributed by atoms with Crippen molar-refractivity contribution in [2.75, 3.05) is 5.75 Å². The van der Waals surface area contributed by atoms with Crippen LogP contribution >= 0.6 is 11.8 Å². The largest absolute Gasteiger partial charge is 0.508 e. The molecule has 25 heavy (non-hydrogen) atoms. The Balaban J connectivity index is 1.81. The SMILES string of the molecule is N#CSC[C@H](c1ccc(O)cc1)c1ccc(Oc2ccccc2)cc1. The van der Waals surface area contributed by atoms with E-state index in [1.165, 1.54) is 11.8 Å². The molecule has 0 saturated carbocycles. The third kappa shape index (κ3) is 4.56. The quantitative estimate of drug-likeness (QED) is 0.596. The number of aromatic hydroxyl groups is 1. The van der Waals surface area contributed by atoms with E-state index < -0.39 is 0 Å². The van der Waals surface area contributed by atoms with Gasteiger partial charge in [-0.05, 0) is 59.3 Å². The Hall–Kier alpha value is -2.90. The normalized spacial score (nSPS) is 11.5. The van der Waals surface area contributed by atoms with Crippen LogP contribution in [-0.2, 0) is 0 Å². The van der Waals surface area contributed by atoms with Gasteiger partial charge in [0.1, 0.15) is 22.6 Å². The first kappa shape index (κ1) is 16.9. The number of thiocyanates is 1. The second-order valence-electron chi connectivity index (χ2n) is 5.53. The molecule has 0 aromatic heterocycles. The lowest BCUT2D eigenvalue weighted by Crippen LogP contribution is -2.03. The minimum atomic E-state index is 0.0797. The molecule has 0 bridgehead atoms. The Morgan fingerprint density at radius 3 is 2.00 bits per heavy atom. The first-order valence-corrected chi connectivity index (χ1v) is 8.87. The number of benzene rings is 3. The van der Waals surface area contributed by atoms with Crippen LogP contribution in [0.4, 0.5) is 0 Å². The van der Waals surface area contributed by atoms with Crippen molar-refractivity contribution in [3.05, 3.63) is 90.0 Å². The van der Waals surface area contributed by atoms with Gasteiger partial charge in [-0.2, -0.15) is 5.26 Å². The highest BCUT2D eigenvalue weighted by Gasteiger charge is 2.15. The van der Waals surface area contributed by atoms with Crippen molar-refractivity contribution in [3.8, 4) is 22.6 Å². The number of thioether (sulfide) groups is 1. The van der Waals surface area contributed by atoms with Gasteiger partial charge in [-0.3, -0.25) is 0 Å². The number of rotatable bonds is 6. The van der Waals surface area contributed by atoms with Gasteiger partial charge in [0, 0.05) is 11.7 Å². The van der Waals surface area contributed by atoms with E-state index in [1.807, 2.05) is 66.7 Å². The molecule has 3 rings (SSSR count). The molecular weight excluding hydrogens is 330 g/mol. The monoisotopic (exact) mass is 347 g/mol. The minimum Gasteiger partial charge on any atom is -0.508 e. The Morgan fingerprint density at radius 2 is 1.40 bits per heavy atom. The summed E-state index contributed by atoms with van der Waals surface area (Å²) >= 11 is 1.23. The first-order chi connectivity index (χ1) is 12.3. The molecule has 0 heterocycles. The molecular formula is C21H17NO2S. The van der Waals surface area contributed by atoms with E-state index in [9.17, 15) is 5.11 Å². The topological polar surface area (TPSA) is 53.2 Å². The van der Waals surface area contributed by atoms with Crippen molar-refractivity contribution in [2.45, 2.75) is 5.92 Å². The highest BCUT2D eigenvalue weighted by molar-refractivity contribution is 8.03. The van der Waals surface area contributed by atoms with E-state index in [0.29, 0.717) is 5.75 Å². The van der Waals surface area contributed by atoms with Crippen molar-refractivity contribution >= 4 is 11.8 Å². The first-order valence-electron chi connectivity index (χ1n) is 7.89. The van der Waals surface area contributed by atoms with Crippen LogP contribution in [0.25, 0.3) is 0 Å². The molecule has 3 aromatic rings. The van der Waals surface area contributed by atoms with E-state index in [-0.39, 0.29) is 11.7 Å². The van der Waals surface area contributed by atoms with Crippen LogP contribution in [0.15, 0.2) is 78.9 Å². The fraction of sp³-hybridized carbons (Fsp3) is 0.0952. The Kier molecular flexibility index (Phi) is 5.61. The van der Waals surface area contributed by atoms with E-state index in [4.69, 9.17) is 10.00 Å². The zero-order valence-corrected chi connectivity index (χ0v) is 14.3. The van der Waals surface area contributed by atoms with Crippen molar-refractivity contribution in [3.63, 3.8) is 0 Å². The predicted octanol–water partition coefficient (Wildman–Crippen LogP) is 5.53. The van der Waals surface area contributed by atoms with Gasteiger partial charge in [0.05, 0.1) is 0 Å². The Labute approximate surface area is 151 Å². The molecule has 4 heteroatoms. The summed E-state index contributed by atoms with van der Waals surface area (Å²) in [6.45, 7) is 0. The fourth-order valence-electron chi connectivity index (χ4n) is 2.60. The maximum atomic E-state index is 9.49. The lowest BCUT2D eigenvalue weighted by atomic mass is 9.93. The van der Waals surface area contributed by atoms with Crippen molar-refractivity contribution in [2.24, 2.45) is 0 Å². The van der Waals surface area contributed by atoms with Gasteiger partial charge in [-0.25, -0.2) is 0 Å². The molecule has 1 N–H and O–H groups in total. The summed E-state index contributed by atoms with van der Waals surface area (Å²) in [6.07, 6.45) is 0. The average molecular weight is 347 g/mol. The summed E-state index contributed by atoms with van der Waals surface area (Å²) in [5.74, 6) is 2.54. The Morgan fingerprint density at radius 1 is 0.840 bits per heavy atom. The van der Waals surface area contributed by atoms with Crippen molar-refractivity contribution in [1.82, 2.24) is 0 Å².